The molecular formula is C17H25N3. The molecule has 0 N–H and O–H groups in total. The number of pyridine rings is 1. The molecule has 0 spiro atoms. The zero-order valence-corrected chi connectivity index (χ0v) is 13.1. The molecule has 0 saturated carbocycles. The normalized spacial score (nSPS) is 13.7. The molecule has 0 radical (unpaired) electrons. The van der Waals surface area contributed by atoms with Gasteiger partial charge in [-0.15, -0.1) is 0 Å². The Morgan fingerprint density at radius 2 is 1.85 bits per heavy atom. The van der Waals surface area contributed by atoms with Crippen LogP contribution in [0.1, 0.15) is 50.9 Å². The van der Waals surface area contributed by atoms with Crippen molar-refractivity contribution in [1.29, 1.82) is 5.26 Å². The van der Waals surface area contributed by atoms with Crippen LogP contribution in [0, 0.1) is 23.2 Å². The molecule has 0 saturated heterocycles. The van der Waals surface area contributed by atoms with Crippen molar-refractivity contribution in [2.45, 2.75) is 47.0 Å². The molecule has 1 aliphatic rings. The van der Waals surface area contributed by atoms with Crippen LogP contribution in [0.25, 0.3) is 0 Å². The summed E-state index contributed by atoms with van der Waals surface area (Å²) in [4.78, 5) is 7.13. The second-order valence-electron chi connectivity index (χ2n) is 6.62. The van der Waals surface area contributed by atoms with Gasteiger partial charge in [0.15, 0.2) is 0 Å². The van der Waals surface area contributed by atoms with E-state index < -0.39 is 0 Å². The van der Waals surface area contributed by atoms with Crippen molar-refractivity contribution in [3.8, 4) is 6.07 Å². The third kappa shape index (κ3) is 3.30. The Balaban J connectivity index is 2.38. The van der Waals surface area contributed by atoms with Crippen LogP contribution in [0.3, 0.4) is 0 Å². The Labute approximate surface area is 122 Å². The fourth-order valence-corrected chi connectivity index (χ4v) is 2.91. The minimum Gasteiger partial charge on any atom is -0.355 e. The van der Waals surface area contributed by atoms with E-state index >= 15 is 0 Å². The summed E-state index contributed by atoms with van der Waals surface area (Å²) in [6.45, 7) is 10.8. The summed E-state index contributed by atoms with van der Waals surface area (Å²) in [6, 6.07) is 4.42. The topological polar surface area (TPSA) is 39.9 Å². The molecule has 0 aromatic carbocycles. The lowest BCUT2D eigenvalue weighted by atomic mass is 10.1. The molecule has 2 rings (SSSR count). The van der Waals surface area contributed by atoms with E-state index in [4.69, 9.17) is 4.98 Å². The molecule has 0 fully saturated rings. The minimum atomic E-state index is 0.565. The van der Waals surface area contributed by atoms with Gasteiger partial charge in [-0.2, -0.15) is 5.26 Å². The van der Waals surface area contributed by atoms with Gasteiger partial charge in [-0.05, 0) is 42.7 Å². The smallest absolute Gasteiger partial charge is 0.146 e. The van der Waals surface area contributed by atoms with Crippen molar-refractivity contribution >= 4 is 5.82 Å². The molecule has 20 heavy (non-hydrogen) atoms. The van der Waals surface area contributed by atoms with Gasteiger partial charge in [0.2, 0.25) is 0 Å². The summed E-state index contributed by atoms with van der Waals surface area (Å²) in [7, 11) is 0. The number of aryl methyl sites for hydroxylation is 2. The second kappa shape index (κ2) is 6.26. The molecule has 0 amide bonds. The summed E-state index contributed by atoms with van der Waals surface area (Å²) in [5, 5.41) is 9.45. The maximum absolute atomic E-state index is 9.45. The van der Waals surface area contributed by atoms with Crippen LogP contribution in [0.2, 0.25) is 0 Å². The highest BCUT2D eigenvalue weighted by atomic mass is 15.2. The number of anilines is 1. The number of rotatable bonds is 5. The van der Waals surface area contributed by atoms with Crippen LogP contribution in [0.5, 0.6) is 0 Å². The number of hydrogen-bond donors (Lipinski definition) is 0. The van der Waals surface area contributed by atoms with E-state index in [2.05, 4.69) is 44.7 Å². The Hall–Kier alpha value is -1.56. The SMILES string of the molecule is CC(C)CN(CC(C)C)c1nc2c(cc1C#N)CCC2. The fraction of sp³-hybridized carbons (Fsp3) is 0.647. The lowest BCUT2D eigenvalue weighted by Crippen LogP contribution is -2.33. The molecule has 0 bridgehead atoms. The first kappa shape index (κ1) is 14.8. The van der Waals surface area contributed by atoms with Gasteiger partial charge < -0.3 is 4.90 Å². The van der Waals surface area contributed by atoms with Gasteiger partial charge in [-0.1, -0.05) is 27.7 Å². The van der Waals surface area contributed by atoms with Crippen molar-refractivity contribution in [3.63, 3.8) is 0 Å². The van der Waals surface area contributed by atoms with Crippen molar-refractivity contribution in [2.75, 3.05) is 18.0 Å². The summed E-state index contributed by atoms with van der Waals surface area (Å²) in [6.07, 6.45) is 3.31. The lowest BCUT2D eigenvalue weighted by Gasteiger charge is -2.28. The molecule has 0 atom stereocenters. The monoisotopic (exact) mass is 271 g/mol. The Bertz CT molecular complexity index is 502. The highest BCUT2D eigenvalue weighted by Gasteiger charge is 2.21. The van der Waals surface area contributed by atoms with Crippen molar-refractivity contribution in [1.82, 2.24) is 4.98 Å². The van der Waals surface area contributed by atoms with Crippen molar-refractivity contribution in [3.05, 3.63) is 22.9 Å². The van der Waals surface area contributed by atoms with Gasteiger partial charge >= 0.3 is 0 Å². The molecule has 0 unspecified atom stereocenters. The van der Waals surface area contributed by atoms with Crippen LogP contribution in [0.4, 0.5) is 5.82 Å². The lowest BCUT2D eigenvalue weighted by molar-refractivity contribution is 0.548. The molecule has 108 valence electrons. The predicted octanol–water partition coefficient (Wildman–Crippen LogP) is 3.56. The van der Waals surface area contributed by atoms with Crippen LogP contribution in [-0.4, -0.2) is 18.1 Å². The van der Waals surface area contributed by atoms with E-state index in [9.17, 15) is 5.26 Å². The Morgan fingerprint density at radius 1 is 1.20 bits per heavy atom. The van der Waals surface area contributed by atoms with Gasteiger partial charge in [0, 0.05) is 18.8 Å². The largest absolute Gasteiger partial charge is 0.355 e. The third-order valence-electron chi connectivity index (χ3n) is 3.62. The molecule has 3 heteroatoms. The number of hydrogen-bond acceptors (Lipinski definition) is 3. The van der Waals surface area contributed by atoms with E-state index in [1.165, 1.54) is 17.7 Å². The van der Waals surface area contributed by atoms with E-state index in [-0.39, 0.29) is 0 Å². The van der Waals surface area contributed by atoms with Crippen molar-refractivity contribution in [2.24, 2.45) is 11.8 Å². The van der Waals surface area contributed by atoms with Gasteiger partial charge in [0.05, 0.1) is 5.56 Å². The maximum atomic E-state index is 9.45. The number of fused-ring (bicyclic) bond motifs is 1. The van der Waals surface area contributed by atoms with Crippen LogP contribution in [0.15, 0.2) is 6.07 Å². The van der Waals surface area contributed by atoms with Gasteiger partial charge in [-0.3, -0.25) is 0 Å². The highest BCUT2D eigenvalue weighted by molar-refractivity contribution is 5.57. The summed E-state index contributed by atoms with van der Waals surface area (Å²) in [5.41, 5.74) is 3.22. The van der Waals surface area contributed by atoms with Gasteiger partial charge in [0.1, 0.15) is 11.9 Å². The fourth-order valence-electron chi connectivity index (χ4n) is 2.91. The van der Waals surface area contributed by atoms with E-state index in [0.29, 0.717) is 11.8 Å². The van der Waals surface area contributed by atoms with E-state index in [1.54, 1.807) is 0 Å². The zero-order valence-electron chi connectivity index (χ0n) is 13.1. The standard InChI is InChI=1S/C17H25N3/c1-12(2)10-20(11-13(3)4)17-15(9-18)8-14-6-5-7-16(14)19-17/h8,12-13H,5-7,10-11H2,1-4H3. The van der Waals surface area contributed by atoms with Crippen LogP contribution in [-0.2, 0) is 12.8 Å². The number of nitriles is 1. The quantitative estimate of drug-likeness (QED) is 0.822. The maximum Gasteiger partial charge on any atom is 0.146 e. The summed E-state index contributed by atoms with van der Waals surface area (Å²) >= 11 is 0. The first-order valence-corrected chi connectivity index (χ1v) is 7.69. The molecule has 1 aromatic heterocycles. The molecule has 1 heterocycles. The van der Waals surface area contributed by atoms with E-state index in [0.717, 1.165) is 37.3 Å². The van der Waals surface area contributed by atoms with Crippen LogP contribution >= 0.6 is 0 Å². The molecule has 3 nitrogen and oxygen atoms in total. The summed E-state index contributed by atoms with van der Waals surface area (Å²) < 4.78 is 0. The van der Waals surface area contributed by atoms with E-state index in [1.807, 2.05) is 0 Å². The van der Waals surface area contributed by atoms with Crippen LogP contribution < -0.4 is 4.90 Å². The summed E-state index contributed by atoms with van der Waals surface area (Å²) in [5.74, 6) is 2.03. The zero-order chi connectivity index (χ0) is 14.7. The second-order valence-corrected chi connectivity index (χ2v) is 6.62. The molecular weight excluding hydrogens is 246 g/mol. The average molecular weight is 271 g/mol. The molecule has 1 aromatic rings. The Morgan fingerprint density at radius 3 is 2.40 bits per heavy atom. The first-order chi connectivity index (χ1) is 9.51. The highest BCUT2D eigenvalue weighted by Crippen LogP contribution is 2.28. The molecule has 0 aliphatic heterocycles. The van der Waals surface area contributed by atoms with Crippen molar-refractivity contribution < 1.29 is 0 Å². The average Bonchev–Trinajstić information content (AvgIpc) is 2.82. The number of aromatic nitrogens is 1. The van der Waals surface area contributed by atoms with Gasteiger partial charge in [0.25, 0.3) is 0 Å². The third-order valence-corrected chi connectivity index (χ3v) is 3.62. The minimum absolute atomic E-state index is 0.565. The number of nitrogens with zero attached hydrogens (tertiary/aromatic N) is 3. The Kier molecular flexibility index (Phi) is 4.65. The first-order valence-electron chi connectivity index (χ1n) is 7.69. The van der Waals surface area contributed by atoms with Gasteiger partial charge in [-0.25, -0.2) is 4.98 Å². The predicted molar refractivity (Wildman–Crippen MR) is 82.9 cm³/mol. The molecule has 1 aliphatic carbocycles.